The number of nitrogens with zero attached hydrogens (tertiary/aromatic N) is 3. The van der Waals surface area contributed by atoms with E-state index in [0.717, 1.165) is 18.6 Å². The second-order valence-electron chi connectivity index (χ2n) is 6.99. The zero-order valence-electron chi connectivity index (χ0n) is 16.2. The fraction of sp³-hybridized carbons (Fsp3) is 0.318. The van der Waals surface area contributed by atoms with Crippen molar-refractivity contribution in [2.75, 3.05) is 19.7 Å². The van der Waals surface area contributed by atoms with Gasteiger partial charge >= 0.3 is 0 Å². The quantitative estimate of drug-likeness (QED) is 0.644. The molecule has 4 rings (SSSR count). The molecule has 0 radical (unpaired) electrons. The van der Waals surface area contributed by atoms with E-state index in [2.05, 4.69) is 10.1 Å². The number of hydrogen-bond acceptors (Lipinski definition) is 5. The van der Waals surface area contributed by atoms with E-state index in [0.29, 0.717) is 42.5 Å². The van der Waals surface area contributed by atoms with Gasteiger partial charge in [0.2, 0.25) is 11.7 Å². The summed E-state index contributed by atoms with van der Waals surface area (Å²) < 4.78 is 23.9. The molecule has 0 spiro atoms. The van der Waals surface area contributed by atoms with Crippen LogP contribution in [0.3, 0.4) is 0 Å². The minimum absolute atomic E-state index is 0.0176. The van der Waals surface area contributed by atoms with Crippen molar-refractivity contribution < 1.29 is 18.4 Å². The molecule has 0 saturated carbocycles. The fourth-order valence-corrected chi connectivity index (χ4v) is 3.49. The number of aromatic nitrogens is 2. The zero-order valence-corrected chi connectivity index (χ0v) is 16.2. The molecule has 7 heteroatoms. The Morgan fingerprint density at radius 2 is 1.83 bits per heavy atom. The van der Waals surface area contributed by atoms with Crippen LogP contribution in [0.4, 0.5) is 4.39 Å². The Bertz CT molecular complexity index is 962. The van der Waals surface area contributed by atoms with Gasteiger partial charge in [-0.05, 0) is 68.3 Å². The summed E-state index contributed by atoms with van der Waals surface area (Å²) in [5.41, 5.74) is 1.37. The normalized spacial score (nSPS) is 14.8. The van der Waals surface area contributed by atoms with Gasteiger partial charge in [0.15, 0.2) is 0 Å². The maximum atomic E-state index is 13.1. The van der Waals surface area contributed by atoms with Gasteiger partial charge in [-0.2, -0.15) is 4.98 Å². The second kappa shape index (κ2) is 8.43. The average Bonchev–Trinajstić information content (AvgIpc) is 3.25. The van der Waals surface area contributed by atoms with Crippen molar-refractivity contribution in [2.45, 2.75) is 25.7 Å². The van der Waals surface area contributed by atoms with E-state index >= 15 is 0 Å². The van der Waals surface area contributed by atoms with Crippen molar-refractivity contribution in [3.63, 3.8) is 0 Å². The first-order valence-corrected chi connectivity index (χ1v) is 9.75. The van der Waals surface area contributed by atoms with Gasteiger partial charge in [-0.1, -0.05) is 5.16 Å². The third-order valence-corrected chi connectivity index (χ3v) is 5.09. The summed E-state index contributed by atoms with van der Waals surface area (Å²) in [7, 11) is 0. The molecule has 1 aliphatic rings. The zero-order chi connectivity index (χ0) is 20.2. The number of carbonyl (C=O) groups is 1. The Morgan fingerprint density at radius 3 is 2.48 bits per heavy atom. The number of piperidine rings is 1. The molecule has 0 aliphatic carbocycles. The molecule has 3 aromatic rings. The largest absolute Gasteiger partial charge is 0.494 e. The molecule has 1 saturated heterocycles. The Labute approximate surface area is 168 Å². The van der Waals surface area contributed by atoms with E-state index < -0.39 is 0 Å². The van der Waals surface area contributed by atoms with Crippen LogP contribution in [0.5, 0.6) is 5.75 Å². The number of carbonyl (C=O) groups excluding carboxylic acids is 1. The molecule has 1 fully saturated rings. The Morgan fingerprint density at radius 1 is 1.14 bits per heavy atom. The lowest BCUT2D eigenvalue weighted by atomic mass is 9.96. The number of rotatable bonds is 5. The number of benzene rings is 2. The van der Waals surface area contributed by atoms with E-state index in [1.54, 1.807) is 24.3 Å². The molecule has 6 nitrogen and oxygen atoms in total. The van der Waals surface area contributed by atoms with E-state index in [-0.39, 0.29) is 17.6 Å². The van der Waals surface area contributed by atoms with E-state index in [1.165, 1.54) is 12.1 Å². The smallest absolute Gasteiger partial charge is 0.253 e. The van der Waals surface area contributed by atoms with Crippen LogP contribution in [0.15, 0.2) is 53.1 Å². The van der Waals surface area contributed by atoms with Crippen LogP contribution >= 0.6 is 0 Å². The van der Waals surface area contributed by atoms with Gasteiger partial charge in [-0.3, -0.25) is 4.79 Å². The number of halogens is 1. The van der Waals surface area contributed by atoms with Crippen molar-refractivity contribution in [2.24, 2.45) is 0 Å². The van der Waals surface area contributed by atoms with Gasteiger partial charge in [-0.15, -0.1) is 0 Å². The Balaban J connectivity index is 1.37. The lowest BCUT2D eigenvalue weighted by Crippen LogP contribution is -2.38. The highest BCUT2D eigenvalue weighted by Gasteiger charge is 2.28. The van der Waals surface area contributed by atoms with Crippen LogP contribution < -0.4 is 4.74 Å². The van der Waals surface area contributed by atoms with Crippen LogP contribution in [0.1, 0.15) is 41.9 Å². The molecule has 1 amide bonds. The molecule has 29 heavy (non-hydrogen) atoms. The molecule has 2 heterocycles. The van der Waals surface area contributed by atoms with Crippen LogP contribution in [0, 0.1) is 5.82 Å². The molecule has 1 aliphatic heterocycles. The molecular weight excluding hydrogens is 373 g/mol. The molecule has 0 N–H and O–H groups in total. The van der Waals surface area contributed by atoms with Gasteiger partial charge in [-0.25, -0.2) is 4.39 Å². The standard InChI is InChI=1S/C22H22FN3O3/c1-2-28-19-9-5-17(6-10-19)22(27)26-13-11-16(12-14-26)21-24-20(25-29-21)15-3-7-18(23)8-4-15/h3-10,16H,2,11-14H2,1H3. The average molecular weight is 395 g/mol. The van der Waals surface area contributed by atoms with Crippen molar-refractivity contribution in [3.8, 4) is 17.1 Å². The first-order chi connectivity index (χ1) is 14.1. The molecular formula is C22H22FN3O3. The van der Waals surface area contributed by atoms with Crippen LogP contribution in [0.25, 0.3) is 11.4 Å². The summed E-state index contributed by atoms with van der Waals surface area (Å²) in [5.74, 6) is 1.61. The van der Waals surface area contributed by atoms with Crippen molar-refractivity contribution in [1.29, 1.82) is 0 Å². The number of ether oxygens (including phenoxy) is 1. The Kier molecular flexibility index (Phi) is 5.55. The summed E-state index contributed by atoms with van der Waals surface area (Å²) in [6.45, 7) is 3.78. The maximum Gasteiger partial charge on any atom is 0.253 e. The summed E-state index contributed by atoms with van der Waals surface area (Å²) in [4.78, 5) is 19.1. The molecule has 0 bridgehead atoms. The third-order valence-electron chi connectivity index (χ3n) is 5.09. The van der Waals surface area contributed by atoms with Crippen molar-refractivity contribution in [3.05, 3.63) is 65.8 Å². The van der Waals surface area contributed by atoms with Crippen molar-refractivity contribution >= 4 is 5.91 Å². The Hall–Kier alpha value is -3.22. The SMILES string of the molecule is CCOc1ccc(C(=O)N2CCC(c3nc(-c4ccc(F)cc4)no3)CC2)cc1. The maximum absolute atomic E-state index is 13.1. The van der Waals surface area contributed by atoms with Gasteiger partial charge in [0.1, 0.15) is 11.6 Å². The number of amides is 1. The first kappa shape index (κ1) is 19.1. The van der Waals surface area contributed by atoms with E-state index in [4.69, 9.17) is 9.26 Å². The molecule has 2 aromatic carbocycles. The highest BCUT2D eigenvalue weighted by Crippen LogP contribution is 2.29. The van der Waals surface area contributed by atoms with Crippen LogP contribution in [-0.4, -0.2) is 40.6 Å². The molecule has 0 unspecified atom stereocenters. The minimum Gasteiger partial charge on any atom is -0.494 e. The minimum atomic E-state index is -0.304. The third kappa shape index (κ3) is 4.29. The fourth-order valence-electron chi connectivity index (χ4n) is 3.49. The lowest BCUT2D eigenvalue weighted by Gasteiger charge is -2.30. The topological polar surface area (TPSA) is 68.5 Å². The van der Waals surface area contributed by atoms with Gasteiger partial charge in [0.25, 0.3) is 5.91 Å². The summed E-state index contributed by atoms with van der Waals surface area (Å²) in [5, 5.41) is 4.02. The molecule has 0 atom stereocenters. The molecule has 150 valence electrons. The van der Waals surface area contributed by atoms with Crippen LogP contribution in [-0.2, 0) is 0 Å². The predicted octanol–water partition coefficient (Wildman–Crippen LogP) is 4.29. The highest BCUT2D eigenvalue weighted by molar-refractivity contribution is 5.94. The van der Waals surface area contributed by atoms with Gasteiger partial charge in [0, 0.05) is 30.1 Å². The molecule has 1 aromatic heterocycles. The monoisotopic (exact) mass is 395 g/mol. The second-order valence-corrected chi connectivity index (χ2v) is 6.99. The predicted molar refractivity (Wildman–Crippen MR) is 105 cm³/mol. The van der Waals surface area contributed by atoms with Gasteiger partial charge in [0.05, 0.1) is 6.61 Å². The summed E-state index contributed by atoms with van der Waals surface area (Å²) in [6, 6.07) is 13.2. The highest BCUT2D eigenvalue weighted by atomic mass is 19.1. The number of likely N-dealkylation sites (tertiary alicyclic amines) is 1. The summed E-state index contributed by atoms with van der Waals surface area (Å²) >= 11 is 0. The van der Waals surface area contributed by atoms with E-state index in [9.17, 15) is 9.18 Å². The van der Waals surface area contributed by atoms with E-state index in [1.807, 2.05) is 24.0 Å². The number of hydrogen-bond donors (Lipinski definition) is 0. The first-order valence-electron chi connectivity index (χ1n) is 9.75. The van der Waals surface area contributed by atoms with Crippen molar-refractivity contribution in [1.82, 2.24) is 15.0 Å². The van der Waals surface area contributed by atoms with Gasteiger partial charge < -0.3 is 14.2 Å². The lowest BCUT2D eigenvalue weighted by molar-refractivity contribution is 0.0704. The summed E-state index contributed by atoms with van der Waals surface area (Å²) in [6.07, 6.45) is 1.52. The van der Waals surface area contributed by atoms with Crippen LogP contribution in [0.2, 0.25) is 0 Å².